The summed E-state index contributed by atoms with van der Waals surface area (Å²) in [5.74, 6) is 1.22. The SMILES string of the molecule is O=C(CC1CCCCCC1)c1ccc(Br)o1. The lowest BCUT2D eigenvalue weighted by Gasteiger charge is -2.11. The van der Waals surface area contributed by atoms with Crippen molar-refractivity contribution in [3.8, 4) is 0 Å². The van der Waals surface area contributed by atoms with Gasteiger partial charge in [0.25, 0.3) is 0 Å². The lowest BCUT2D eigenvalue weighted by atomic mass is 9.94. The first-order valence-corrected chi connectivity index (χ1v) is 6.83. The van der Waals surface area contributed by atoms with E-state index in [2.05, 4.69) is 15.9 Å². The first-order chi connectivity index (χ1) is 7.75. The molecule has 0 spiro atoms. The van der Waals surface area contributed by atoms with Crippen LogP contribution in [0.1, 0.15) is 55.5 Å². The van der Waals surface area contributed by atoms with E-state index in [4.69, 9.17) is 4.42 Å². The van der Waals surface area contributed by atoms with Crippen LogP contribution in [0, 0.1) is 5.92 Å². The molecule has 1 heterocycles. The molecule has 1 aromatic rings. The van der Waals surface area contributed by atoms with Crippen LogP contribution in [0.3, 0.4) is 0 Å². The van der Waals surface area contributed by atoms with Gasteiger partial charge in [0.2, 0.25) is 0 Å². The van der Waals surface area contributed by atoms with Gasteiger partial charge in [-0.1, -0.05) is 38.5 Å². The zero-order valence-corrected chi connectivity index (χ0v) is 11.0. The highest BCUT2D eigenvalue weighted by Crippen LogP contribution is 2.27. The second-order valence-electron chi connectivity index (χ2n) is 4.59. The van der Waals surface area contributed by atoms with E-state index in [1.54, 1.807) is 12.1 Å². The topological polar surface area (TPSA) is 30.2 Å². The standard InChI is InChI=1S/C13H17BrO2/c14-13-8-7-12(16-13)11(15)9-10-5-3-1-2-4-6-10/h7-8,10H,1-6,9H2. The average Bonchev–Trinajstić information content (AvgIpc) is 2.54. The average molecular weight is 285 g/mol. The van der Waals surface area contributed by atoms with Crippen LogP contribution in [0.2, 0.25) is 0 Å². The van der Waals surface area contributed by atoms with E-state index in [0.717, 1.165) is 0 Å². The van der Waals surface area contributed by atoms with E-state index in [1.165, 1.54) is 38.5 Å². The van der Waals surface area contributed by atoms with Crippen LogP contribution in [-0.4, -0.2) is 5.78 Å². The molecule has 0 radical (unpaired) electrons. The van der Waals surface area contributed by atoms with Gasteiger partial charge in [0.15, 0.2) is 16.2 Å². The van der Waals surface area contributed by atoms with Crippen molar-refractivity contribution in [2.24, 2.45) is 5.92 Å². The first-order valence-electron chi connectivity index (χ1n) is 6.04. The molecular formula is C13H17BrO2. The van der Waals surface area contributed by atoms with E-state index in [0.29, 0.717) is 22.8 Å². The van der Waals surface area contributed by atoms with Crippen LogP contribution < -0.4 is 0 Å². The van der Waals surface area contributed by atoms with Gasteiger partial charge in [-0.25, -0.2) is 0 Å². The second kappa shape index (κ2) is 5.67. The summed E-state index contributed by atoms with van der Waals surface area (Å²) in [6, 6.07) is 3.53. The van der Waals surface area contributed by atoms with Crippen LogP contribution in [0.4, 0.5) is 0 Å². The predicted molar refractivity (Wildman–Crippen MR) is 66.5 cm³/mol. The van der Waals surface area contributed by atoms with Crippen molar-refractivity contribution < 1.29 is 9.21 Å². The molecule has 0 unspecified atom stereocenters. The monoisotopic (exact) mass is 284 g/mol. The minimum atomic E-state index is 0.151. The highest BCUT2D eigenvalue weighted by atomic mass is 79.9. The Labute approximate surface area is 105 Å². The summed E-state index contributed by atoms with van der Waals surface area (Å²) in [6.45, 7) is 0. The second-order valence-corrected chi connectivity index (χ2v) is 5.37. The lowest BCUT2D eigenvalue weighted by molar-refractivity contribution is 0.0928. The van der Waals surface area contributed by atoms with Crippen LogP contribution >= 0.6 is 15.9 Å². The molecule has 0 N–H and O–H groups in total. The summed E-state index contributed by atoms with van der Waals surface area (Å²) in [7, 11) is 0. The Bertz CT molecular complexity index is 349. The van der Waals surface area contributed by atoms with Crippen molar-refractivity contribution in [2.45, 2.75) is 44.9 Å². The molecule has 16 heavy (non-hydrogen) atoms. The molecule has 1 aliphatic rings. The number of hydrogen-bond acceptors (Lipinski definition) is 2. The van der Waals surface area contributed by atoms with Gasteiger partial charge in [0.05, 0.1) is 0 Å². The number of rotatable bonds is 3. The molecule has 1 aromatic heterocycles. The molecule has 0 aliphatic heterocycles. The maximum Gasteiger partial charge on any atom is 0.198 e. The summed E-state index contributed by atoms with van der Waals surface area (Å²) in [4.78, 5) is 11.9. The summed E-state index contributed by atoms with van der Waals surface area (Å²) >= 11 is 3.22. The van der Waals surface area contributed by atoms with Crippen LogP contribution in [-0.2, 0) is 0 Å². The first kappa shape index (κ1) is 11.9. The molecule has 1 aliphatic carbocycles. The van der Waals surface area contributed by atoms with E-state index in [-0.39, 0.29) is 5.78 Å². The van der Waals surface area contributed by atoms with Crippen molar-refractivity contribution in [3.05, 3.63) is 22.6 Å². The number of ketones is 1. The third-order valence-corrected chi connectivity index (χ3v) is 3.72. The van der Waals surface area contributed by atoms with Crippen molar-refractivity contribution in [2.75, 3.05) is 0 Å². The van der Waals surface area contributed by atoms with Crippen LogP contribution in [0.5, 0.6) is 0 Å². The Morgan fingerprint density at radius 2 is 1.94 bits per heavy atom. The smallest absolute Gasteiger partial charge is 0.198 e. The number of hydrogen-bond donors (Lipinski definition) is 0. The number of halogens is 1. The Hall–Kier alpha value is -0.570. The fraction of sp³-hybridized carbons (Fsp3) is 0.615. The van der Waals surface area contributed by atoms with Gasteiger partial charge in [0.1, 0.15) is 0 Å². The summed E-state index contributed by atoms with van der Waals surface area (Å²) in [5.41, 5.74) is 0. The molecule has 1 saturated carbocycles. The molecule has 0 atom stereocenters. The van der Waals surface area contributed by atoms with E-state index >= 15 is 0 Å². The highest BCUT2D eigenvalue weighted by molar-refractivity contribution is 9.10. The predicted octanol–water partition coefficient (Wildman–Crippen LogP) is 4.59. The molecule has 0 bridgehead atoms. The van der Waals surface area contributed by atoms with Crippen molar-refractivity contribution >= 4 is 21.7 Å². The molecule has 3 heteroatoms. The molecule has 2 rings (SSSR count). The Kier molecular flexibility index (Phi) is 4.22. The van der Waals surface area contributed by atoms with Gasteiger partial charge >= 0.3 is 0 Å². The van der Waals surface area contributed by atoms with Crippen LogP contribution in [0.25, 0.3) is 0 Å². The van der Waals surface area contributed by atoms with Gasteiger partial charge in [0, 0.05) is 6.42 Å². The molecule has 88 valence electrons. The Morgan fingerprint density at radius 1 is 1.25 bits per heavy atom. The number of furan rings is 1. The summed E-state index contributed by atoms with van der Waals surface area (Å²) in [5, 5.41) is 0. The third kappa shape index (κ3) is 3.21. The summed E-state index contributed by atoms with van der Waals surface area (Å²) < 4.78 is 5.92. The van der Waals surface area contributed by atoms with Crippen molar-refractivity contribution in [1.29, 1.82) is 0 Å². The van der Waals surface area contributed by atoms with Gasteiger partial charge < -0.3 is 4.42 Å². The van der Waals surface area contributed by atoms with E-state index < -0.39 is 0 Å². The molecular weight excluding hydrogens is 268 g/mol. The molecule has 0 aromatic carbocycles. The third-order valence-electron chi connectivity index (χ3n) is 3.30. The van der Waals surface area contributed by atoms with Gasteiger partial charge in [-0.2, -0.15) is 0 Å². The summed E-state index contributed by atoms with van der Waals surface area (Å²) in [6.07, 6.45) is 8.27. The molecule has 2 nitrogen and oxygen atoms in total. The molecule has 0 saturated heterocycles. The maximum atomic E-state index is 11.9. The van der Waals surface area contributed by atoms with Gasteiger partial charge in [-0.3, -0.25) is 4.79 Å². The highest BCUT2D eigenvalue weighted by Gasteiger charge is 2.18. The Morgan fingerprint density at radius 3 is 2.50 bits per heavy atom. The van der Waals surface area contributed by atoms with E-state index in [9.17, 15) is 4.79 Å². The zero-order valence-electron chi connectivity index (χ0n) is 9.38. The fourth-order valence-electron chi connectivity index (χ4n) is 2.39. The molecule has 1 fully saturated rings. The van der Waals surface area contributed by atoms with Gasteiger partial charge in [-0.05, 0) is 34.0 Å². The molecule has 0 amide bonds. The van der Waals surface area contributed by atoms with E-state index in [1.807, 2.05) is 0 Å². The fourth-order valence-corrected chi connectivity index (χ4v) is 2.70. The van der Waals surface area contributed by atoms with Gasteiger partial charge in [-0.15, -0.1) is 0 Å². The lowest BCUT2D eigenvalue weighted by Crippen LogP contribution is -2.07. The zero-order chi connectivity index (χ0) is 11.4. The minimum Gasteiger partial charge on any atom is -0.446 e. The number of carbonyl (C=O) groups is 1. The van der Waals surface area contributed by atoms with Crippen LogP contribution in [0.15, 0.2) is 21.2 Å². The number of carbonyl (C=O) groups excluding carboxylic acids is 1. The van der Waals surface area contributed by atoms with Crippen molar-refractivity contribution in [3.63, 3.8) is 0 Å². The maximum absolute atomic E-state index is 11.9. The normalized spacial score (nSPS) is 18.3. The quantitative estimate of drug-likeness (QED) is 0.600. The number of Topliss-reactive ketones (excluding diaryl/α,β-unsaturated/α-hetero) is 1. The minimum absolute atomic E-state index is 0.151. The Balaban J connectivity index is 1.90. The van der Waals surface area contributed by atoms with Crippen molar-refractivity contribution in [1.82, 2.24) is 0 Å². The largest absolute Gasteiger partial charge is 0.446 e.